The number of benzene rings is 2. The summed E-state index contributed by atoms with van der Waals surface area (Å²) in [5.41, 5.74) is 7.66. The number of carbonyl (C=O) groups excluding carboxylic acids is 1. The Balaban J connectivity index is 0.00000264. The van der Waals surface area contributed by atoms with Crippen LogP contribution in [0.2, 0.25) is 0 Å². The van der Waals surface area contributed by atoms with Gasteiger partial charge in [0.2, 0.25) is 5.91 Å². The van der Waals surface area contributed by atoms with Gasteiger partial charge in [-0.2, -0.15) is 0 Å². The summed E-state index contributed by atoms with van der Waals surface area (Å²) < 4.78 is 5.34. The fourth-order valence-electron chi connectivity index (χ4n) is 2.50. The normalized spacial score (nSPS) is 12.7. The molecule has 2 atom stereocenters. The number of hydrogen-bond acceptors (Lipinski definition) is 3. The minimum Gasteiger partial charge on any atom is -0.496 e. The van der Waals surface area contributed by atoms with E-state index in [2.05, 4.69) is 5.32 Å². The first-order chi connectivity index (χ1) is 10.7. The van der Waals surface area contributed by atoms with Crippen molar-refractivity contribution in [3.63, 3.8) is 0 Å². The molecular formula is C18H23ClN2O2. The molecule has 0 aliphatic heterocycles. The first-order valence-electron chi connectivity index (χ1n) is 7.35. The highest BCUT2D eigenvalue weighted by Gasteiger charge is 2.21. The lowest BCUT2D eigenvalue weighted by molar-refractivity contribution is -0.123. The number of hydrogen-bond donors (Lipinski definition) is 2. The summed E-state index contributed by atoms with van der Waals surface area (Å²) in [6.07, 6.45) is 0. The van der Waals surface area contributed by atoms with Crippen molar-refractivity contribution < 1.29 is 9.53 Å². The number of halogens is 1. The van der Waals surface area contributed by atoms with Crippen LogP contribution in [0.3, 0.4) is 0 Å². The van der Waals surface area contributed by atoms with Crippen molar-refractivity contribution in [3.8, 4) is 5.75 Å². The van der Waals surface area contributed by atoms with E-state index < -0.39 is 0 Å². The highest BCUT2D eigenvalue weighted by molar-refractivity contribution is 5.85. The Bertz CT molecular complexity index is 619. The molecule has 0 aromatic heterocycles. The standard InChI is InChI=1S/C18H22N2O2.ClH/c1-13(15-10-6-7-11-17(15)22-2)20-18(21)16(12-19)14-8-4-3-5-9-14;/h3-11,13,16H,12,19H2,1-2H3,(H,20,21);1H. The molecule has 23 heavy (non-hydrogen) atoms. The molecule has 0 heterocycles. The van der Waals surface area contributed by atoms with E-state index in [0.29, 0.717) is 0 Å². The molecule has 1 amide bonds. The van der Waals surface area contributed by atoms with E-state index in [0.717, 1.165) is 16.9 Å². The molecule has 4 nitrogen and oxygen atoms in total. The summed E-state index contributed by atoms with van der Waals surface area (Å²) in [6, 6.07) is 17.1. The smallest absolute Gasteiger partial charge is 0.229 e. The van der Waals surface area contributed by atoms with Gasteiger partial charge < -0.3 is 15.8 Å². The van der Waals surface area contributed by atoms with Crippen LogP contribution in [-0.2, 0) is 4.79 Å². The first kappa shape index (κ1) is 19.0. The molecule has 2 rings (SSSR count). The molecule has 0 aliphatic rings. The Kier molecular flexibility index (Phi) is 7.59. The van der Waals surface area contributed by atoms with Crippen molar-refractivity contribution >= 4 is 18.3 Å². The maximum absolute atomic E-state index is 12.5. The van der Waals surface area contributed by atoms with Crippen molar-refractivity contribution in [2.45, 2.75) is 18.9 Å². The van der Waals surface area contributed by atoms with Gasteiger partial charge in [-0.05, 0) is 18.6 Å². The van der Waals surface area contributed by atoms with Crippen LogP contribution in [0.15, 0.2) is 54.6 Å². The Morgan fingerprint density at radius 1 is 1.13 bits per heavy atom. The van der Waals surface area contributed by atoms with Gasteiger partial charge in [0.1, 0.15) is 5.75 Å². The Morgan fingerprint density at radius 3 is 2.35 bits per heavy atom. The second-order valence-corrected chi connectivity index (χ2v) is 5.17. The van der Waals surface area contributed by atoms with Gasteiger partial charge in [0.15, 0.2) is 0 Å². The van der Waals surface area contributed by atoms with E-state index in [1.807, 2.05) is 61.5 Å². The third kappa shape index (κ3) is 4.71. The Morgan fingerprint density at radius 2 is 1.74 bits per heavy atom. The lowest BCUT2D eigenvalue weighted by Gasteiger charge is -2.21. The molecule has 0 saturated heterocycles. The van der Waals surface area contributed by atoms with E-state index in [-0.39, 0.29) is 36.8 Å². The van der Waals surface area contributed by atoms with Crippen molar-refractivity contribution in [1.82, 2.24) is 5.32 Å². The largest absolute Gasteiger partial charge is 0.496 e. The number of rotatable bonds is 6. The van der Waals surface area contributed by atoms with Gasteiger partial charge in [-0.25, -0.2) is 0 Å². The minimum absolute atomic E-state index is 0. The van der Waals surface area contributed by atoms with Crippen LogP contribution < -0.4 is 15.8 Å². The van der Waals surface area contributed by atoms with Gasteiger partial charge >= 0.3 is 0 Å². The lowest BCUT2D eigenvalue weighted by atomic mass is 9.97. The summed E-state index contributed by atoms with van der Waals surface area (Å²) in [5.74, 6) is 0.338. The highest BCUT2D eigenvalue weighted by atomic mass is 35.5. The number of nitrogens with one attached hydrogen (secondary N) is 1. The summed E-state index contributed by atoms with van der Waals surface area (Å²) in [5, 5.41) is 3.02. The average molecular weight is 335 g/mol. The number of amides is 1. The number of nitrogens with two attached hydrogens (primary N) is 1. The van der Waals surface area contributed by atoms with Crippen molar-refractivity contribution in [2.75, 3.05) is 13.7 Å². The molecule has 0 aliphatic carbocycles. The molecule has 0 radical (unpaired) electrons. The minimum atomic E-state index is -0.349. The fourth-order valence-corrected chi connectivity index (χ4v) is 2.50. The third-order valence-corrected chi connectivity index (χ3v) is 3.72. The molecule has 2 aromatic rings. The summed E-state index contributed by atoms with van der Waals surface area (Å²) in [4.78, 5) is 12.5. The molecule has 0 fully saturated rings. The predicted octanol–water partition coefficient (Wildman–Crippen LogP) is 3.04. The topological polar surface area (TPSA) is 64.3 Å². The second kappa shape index (κ2) is 9.18. The van der Waals surface area contributed by atoms with E-state index in [4.69, 9.17) is 10.5 Å². The molecule has 0 bridgehead atoms. The van der Waals surface area contributed by atoms with Gasteiger partial charge in [-0.3, -0.25) is 4.79 Å². The Hall–Kier alpha value is -2.04. The van der Waals surface area contributed by atoms with Gasteiger partial charge in [0.25, 0.3) is 0 Å². The van der Waals surface area contributed by atoms with Crippen LogP contribution in [0.5, 0.6) is 5.75 Å². The van der Waals surface area contributed by atoms with Crippen LogP contribution in [0, 0.1) is 0 Å². The quantitative estimate of drug-likeness (QED) is 0.853. The summed E-state index contributed by atoms with van der Waals surface area (Å²) in [6.45, 7) is 2.21. The second-order valence-electron chi connectivity index (χ2n) is 5.17. The maximum Gasteiger partial charge on any atom is 0.229 e. The fraction of sp³-hybridized carbons (Fsp3) is 0.278. The lowest BCUT2D eigenvalue weighted by Crippen LogP contribution is -2.35. The van der Waals surface area contributed by atoms with Crippen LogP contribution in [0.4, 0.5) is 0 Å². The molecule has 2 aromatic carbocycles. The Labute approximate surface area is 143 Å². The summed E-state index contributed by atoms with van der Waals surface area (Å²) >= 11 is 0. The zero-order valence-electron chi connectivity index (χ0n) is 13.4. The molecular weight excluding hydrogens is 312 g/mol. The van der Waals surface area contributed by atoms with Crippen LogP contribution >= 0.6 is 12.4 Å². The van der Waals surface area contributed by atoms with E-state index in [9.17, 15) is 4.79 Å². The zero-order valence-corrected chi connectivity index (χ0v) is 14.2. The number of ether oxygens (including phenoxy) is 1. The van der Waals surface area contributed by atoms with Gasteiger partial charge in [0.05, 0.1) is 19.1 Å². The van der Waals surface area contributed by atoms with Gasteiger partial charge in [-0.1, -0.05) is 48.5 Å². The van der Waals surface area contributed by atoms with Crippen LogP contribution in [0.25, 0.3) is 0 Å². The average Bonchev–Trinajstić information content (AvgIpc) is 2.56. The molecule has 5 heteroatoms. The number of carbonyl (C=O) groups is 1. The number of methoxy groups -OCH3 is 1. The number of para-hydroxylation sites is 1. The van der Waals surface area contributed by atoms with Crippen LogP contribution in [-0.4, -0.2) is 19.6 Å². The summed E-state index contributed by atoms with van der Waals surface area (Å²) in [7, 11) is 1.63. The monoisotopic (exact) mass is 334 g/mol. The van der Waals surface area contributed by atoms with Crippen molar-refractivity contribution in [1.29, 1.82) is 0 Å². The molecule has 3 N–H and O–H groups in total. The molecule has 0 saturated carbocycles. The third-order valence-electron chi connectivity index (χ3n) is 3.72. The van der Waals surface area contributed by atoms with Gasteiger partial charge in [0, 0.05) is 12.1 Å². The van der Waals surface area contributed by atoms with Crippen molar-refractivity contribution in [2.24, 2.45) is 5.73 Å². The molecule has 2 unspecified atom stereocenters. The highest BCUT2D eigenvalue weighted by Crippen LogP contribution is 2.25. The SMILES string of the molecule is COc1ccccc1C(C)NC(=O)C(CN)c1ccccc1.Cl. The molecule has 124 valence electrons. The molecule has 0 spiro atoms. The zero-order chi connectivity index (χ0) is 15.9. The first-order valence-corrected chi connectivity index (χ1v) is 7.35. The van der Waals surface area contributed by atoms with E-state index >= 15 is 0 Å². The van der Waals surface area contributed by atoms with Crippen molar-refractivity contribution in [3.05, 3.63) is 65.7 Å². The van der Waals surface area contributed by atoms with Crippen LogP contribution in [0.1, 0.15) is 30.0 Å². The van der Waals surface area contributed by atoms with E-state index in [1.165, 1.54) is 0 Å². The van der Waals surface area contributed by atoms with Gasteiger partial charge in [-0.15, -0.1) is 12.4 Å². The van der Waals surface area contributed by atoms with E-state index in [1.54, 1.807) is 7.11 Å². The predicted molar refractivity (Wildman–Crippen MR) is 95.0 cm³/mol. The maximum atomic E-state index is 12.5.